The Labute approximate surface area is 133 Å². The van der Waals surface area contributed by atoms with Gasteiger partial charge >= 0.3 is 0 Å². The van der Waals surface area contributed by atoms with Crippen molar-refractivity contribution in [3.63, 3.8) is 0 Å². The van der Waals surface area contributed by atoms with Crippen LogP contribution in [0.25, 0.3) is 0 Å². The second-order valence-electron chi connectivity index (χ2n) is 6.52. The molecule has 1 aromatic heterocycles. The lowest BCUT2D eigenvalue weighted by Crippen LogP contribution is -2.55. The van der Waals surface area contributed by atoms with E-state index in [0.29, 0.717) is 6.04 Å². The zero-order valence-corrected chi connectivity index (χ0v) is 14.8. The molecule has 0 aliphatic heterocycles. The Morgan fingerprint density at radius 1 is 1.48 bits per heavy atom. The van der Waals surface area contributed by atoms with Gasteiger partial charge in [-0.3, -0.25) is 0 Å². The van der Waals surface area contributed by atoms with Crippen LogP contribution in [0.15, 0.2) is 5.38 Å². The first-order chi connectivity index (χ1) is 10.1. The normalized spacial score (nSPS) is 27.7. The molecule has 1 unspecified atom stereocenters. The fourth-order valence-electron chi connectivity index (χ4n) is 3.42. The Bertz CT molecular complexity index is 424. The Morgan fingerprint density at radius 2 is 2.19 bits per heavy atom. The third kappa shape index (κ3) is 4.27. The summed E-state index contributed by atoms with van der Waals surface area (Å²) in [5.41, 5.74) is 1.19. The maximum atomic E-state index is 6.08. The highest BCUT2D eigenvalue weighted by atomic mass is 32.1. The van der Waals surface area contributed by atoms with Crippen molar-refractivity contribution >= 4 is 11.3 Å². The Hall–Kier alpha value is -0.450. The van der Waals surface area contributed by atoms with E-state index in [4.69, 9.17) is 4.74 Å². The van der Waals surface area contributed by atoms with Gasteiger partial charge in [-0.25, -0.2) is 4.98 Å². The first-order valence-corrected chi connectivity index (χ1v) is 9.17. The molecule has 0 amide bonds. The zero-order chi connectivity index (χ0) is 15.3. The molecule has 1 atom stereocenters. The minimum Gasteiger partial charge on any atom is -0.377 e. The fraction of sp³-hybridized carbons (Fsp3) is 0.824. The summed E-state index contributed by atoms with van der Waals surface area (Å²) in [7, 11) is 1.89. The van der Waals surface area contributed by atoms with Crippen LogP contribution in [0, 0.1) is 12.8 Å². The molecule has 0 spiro atoms. The largest absolute Gasteiger partial charge is 0.377 e. The van der Waals surface area contributed by atoms with Gasteiger partial charge in [0.25, 0.3) is 0 Å². The van der Waals surface area contributed by atoms with Crippen LogP contribution in [0.2, 0.25) is 0 Å². The number of rotatable bonds is 7. The van der Waals surface area contributed by atoms with Gasteiger partial charge in [-0.2, -0.15) is 0 Å². The summed E-state index contributed by atoms with van der Waals surface area (Å²) in [5.74, 6) is 0.835. The number of thiazole rings is 1. The SMILES string of the molecule is CCCNC(Cc1csc(C)n1)C1(OC)CCC(C)CC1. The van der Waals surface area contributed by atoms with Gasteiger partial charge in [-0.1, -0.05) is 13.8 Å². The highest BCUT2D eigenvalue weighted by Crippen LogP contribution is 2.38. The van der Waals surface area contributed by atoms with Gasteiger partial charge in [0.1, 0.15) is 0 Å². The molecular formula is C17H30N2OS. The van der Waals surface area contributed by atoms with Crippen LogP contribution in [-0.2, 0) is 11.2 Å². The van der Waals surface area contributed by atoms with E-state index >= 15 is 0 Å². The number of ether oxygens (including phenoxy) is 1. The number of hydrogen-bond donors (Lipinski definition) is 1. The molecule has 1 aliphatic carbocycles. The molecule has 0 saturated heterocycles. The molecule has 1 N–H and O–H groups in total. The van der Waals surface area contributed by atoms with Gasteiger partial charge in [-0.15, -0.1) is 11.3 Å². The maximum absolute atomic E-state index is 6.08. The number of aromatic nitrogens is 1. The average molecular weight is 311 g/mol. The van der Waals surface area contributed by atoms with Gasteiger partial charge in [0.2, 0.25) is 0 Å². The summed E-state index contributed by atoms with van der Waals surface area (Å²) in [6, 6.07) is 0.372. The number of nitrogens with one attached hydrogen (secondary N) is 1. The minimum atomic E-state index is -0.0147. The predicted octanol–water partition coefficient (Wildman–Crippen LogP) is 3.96. The number of hydrogen-bond acceptors (Lipinski definition) is 4. The predicted molar refractivity (Wildman–Crippen MR) is 90.0 cm³/mol. The van der Waals surface area contributed by atoms with E-state index in [2.05, 4.69) is 36.5 Å². The summed E-state index contributed by atoms with van der Waals surface area (Å²) >= 11 is 1.74. The first kappa shape index (κ1) is 16.9. The molecular weight excluding hydrogens is 280 g/mol. The molecule has 4 heteroatoms. The van der Waals surface area contributed by atoms with Crippen molar-refractivity contribution < 1.29 is 4.74 Å². The molecule has 3 nitrogen and oxygen atoms in total. The van der Waals surface area contributed by atoms with Crippen LogP contribution < -0.4 is 5.32 Å². The number of methoxy groups -OCH3 is 1. The average Bonchev–Trinajstić information content (AvgIpc) is 2.90. The van der Waals surface area contributed by atoms with Crippen molar-refractivity contribution in [1.82, 2.24) is 10.3 Å². The Balaban J connectivity index is 2.12. The maximum Gasteiger partial charge on any atom is 0.0897 e. The van der Waals surface area contributed by atoms with Gasteiger partial charge in [0, 0.05) is 25.0 Å². The molecule has 1 heterocycles. The van der Waals surface area contributed by atoms with Gasteiger partial charge < -0.3 is 10.1 Å². The summed E-state index contributed by atoms with van der Waals surface area (Å²) in [6.45, 7) is 7.71. The third-order valence-electron chi connectivity index (χ3n) is 4.88. The summed E-state index contributed by atoms with van der Waals surface area (Å²) in [6.07, 6.45) is 7.00. The number of nitrogens with zero attached hydrogens (tertiary/aromatic N) is 1. The van der Waals surface area contributed by atoms with Crippen LogP contribution >= 0.6 is 11.3 Å². The lowest BCUT2D eigenvalue weighted by Gasteiger charge is -2.44. The smallest absolute Gasteiger partial charge is 0.0897 e. The van der Waals surface area contributed by atoms with Crippen LogP contribution in [0.5, 0.6) is 0 Å². The van der Waals surface area contributed by atoms with Gasteiger partial charge in [0.15, 0.2) is 0 Å². The van der Waals surface area contributed by atoms with Crippen molar-refractivity contribution in [3.05, 3.63) is 16.1 Å². The standard InChI is InChI=1S/C17H30N2OS/c1-5-10-18-16(11-15-12-21-14(3)19-15)17(20-4)8-6-13(2)7-9-17/h12-13,16,18H,5-11H2,1-4H3. The lowest BCUT2D eigenvalue weighted by molar-refractivity contribution is -0.0746. The van der Waals surface area contributed by atoms with E-state index in [0.717, 1.165) is 43.2 Å². The zero-order valence-electron chi connectivity index (χ0n) is 13.9. The van der Waals surface area contributed by atoms with Crippen molar-refractivity contribution in [1.29, 1.82) is 0 Å². The number of aryl methyl sites for hydroxylation is 1. The molecule has 0 bridgehead atoms. The van der Waals surface area contributed by atoms with Gasteiger partial charge in [-0.05, 0) is 51.5 Å². The third-order valence-corrected chi connectivity index (χ3v) is 5.71. The van der Waals surface area contributed by atoms with Crippen LogP contribution in [0.3, 0.4) is 0 Å². The van der Waals surface area contributed by atoms with E-state index < -0.39 is 0 Å². The van der Waals surface area contributed by atoms with Crippen molar-refractivity contribution in [2.75, 3.05) is 13.7 Å². The molecule has 0 radical (unpaired) electrons. The molecule has 2 rings (SSSR count). The highest BCUT2D eigenvalue weighted by Gasteiger charge is 2.41. The Kier molecular flexibility index (Phi) is 6.20. The monoisotopic (exact) mass is 310 g/mol. The molecule has 1 aromatic rings. The van der Waals surface area contributed by atoms with Crippen molar-refractivity contribution in [2.45, 2.75) is 70.9 Å². The summed E-state index contributed by atoms with van der Waals surface area (Å²) in [4.78, 5) is 4.66. The van der Waals surface area contributed by atoms with Crippen LogP contribution in [-0.4, -0.2) is 30.3 Å². The van der Waals surface area contributed by atoms with E-state index in [1.807, 2.05) is 7.11 Å². The first-order valence-electron chi connectivity index (χ1n) is 8.29. The van der Waals surface area contributed by atoms with Crippen LogP contribution in [0.4, 0.5) is 0 Å². The van der Waals surface area contributed by atoms with E-state index in [-0.39, 0.29) is 5.60 Å². The van der Waals surface area contributed by atoms with Crippen LogP contribution in [0.1, 0.15) is 56.7 Å². The van der Waals surface area contributed by atoms with E-state index in [9.17, 15) is 0 Å². The molecule has 21 heavy (non-hydrogen) atoms. The quantitative estimate of drug-likeness (QED) is 0.828. The highest BCUT2D eigenvalue weighted by molar-refractivity contribution is 7.09. The molecule has 0 aromatic carbocycles. The summed E-state index contributed by atoms with van der Waals surface area (Å²) in [5, 5.41) is 7.10. The topological polar surface area (TPSA) is 34.2 Å². The molecule has 1 fully saturated rings. The Morgan fingerprint density at radius 3 is 2.71 bits per heavy atom. The van der Waals surface area contributed by atoms with Crippen molar-refractivity contribution in [2.24, 2.45) is 5.92 Å². The fourth-order valence-corrected chi connectivity index (χ4v) is 4.04. The second-order valence-corrected chi connectivity index (χ2v) is 7.58. The van der Waals surface area contributed by atoms with Gasteiger partial charge in [0.05, 0.1) is 16.3 Å². The van der Waals surface area contributed by atoms with E-state index in [1.165, 1.54) is 18.5 Å². The lowest BCUT2D eigenvalue weighted by atomic mass is 9.74. The summed E-state index contributed by atoms with van der Waals surface area (Å²) < 4.78 is 6.08. The molecule has 1 saturated carbocycles. The van der Waals surface area contributed by atoms with Crippen molar-refractivity contribution in [3.8, 4) is 0 Å². The second kappa shape index (κ2) is 7.70. The van der Waals surface area contributed by atoms with E-state index in [1.54, 1.807) is 11.3 Å². The molecule has 120 valence electrons. The minimum absolute atomic E-state index is 0.0147. The molecule has 1 aliphatic rings.